The van der Waals surface area contributed by atoms with E-state index in [2.05, 4.69) is 46.3 Å². The third kappa shape index (κ3) is 14.4. The number of nitrogen functional groups attached to an aromatic ring is 2. The summed E-state index contributed by atoms with van der Waals surface area (Å²) in [5, 5.41) is 40.1. The zero-order valence-electron chi connectivity index (χ0n) is 36.5. The average molecular weight is 986 g/mol. The van der Waals surface area contributed by atoms with E-state index < -0.39 is 7.12 Å². The largest absolute Gasteiger partial charge is 0.496 e. The minimum Gasteiger partial charge on any atom is -0.496 e. The van der Waals surface area contributed by atoms with Crippen LogP contribution in [0.15, 0.2) is 102 Å². The van der Waals surface area contributed by atoms with Gasteiger partial charge in [0.2, 0.25) is 0 Å². The number of rotatable bonds is 8. The first-order valence-corrected chi connectivity index (χ1v) is 21.5. The highest BCUT2D eigenvalue weighted by Gasteiger charge is 2.28. The Morgan fingerprint density at radius 1 is 0.687 bits per heavy atom. The first-order chi connectivity index (χ1) is 32.2. The van der Waals surface area contributed by atoms with Crippen molar-refractivity contribution in [3.63, 3.8) is 0 Å². The van der Waals surface area contributed by atoms with Crippen LogP contribution in [0.25, 0.3) is 11.1 Å². The van der Waals surface area contributed by atoms with Crippen molar-refractivity contribution in [3.8, 4) is 22.6 Å². The van der Waals surface area contributed by atoms with Gasteiger partial charge in [0.15, 0.2) is 0 Å². The normalized spacial score (nSPS) is 13.6. The number of carboxylic acid groups (broad SMARTS) is 1. The van der Waals surface area contributed by atoms with E-state index in [0.29, 0.717) is 77.6 Å². The number of piperidine rings is 2. The molecule has 2 aliphatic heterocycles. The van der Waals surface area contributed by atoms with Crippen molar-refractivity contribution in [1.29, 1.82) is 0 Å². The van der Waals surface area contributed by atoms with Gasteiger partial charge in [0.05, 0.1) is 30.1 Å². The molecule has 0 saturated carbocycles. The number of anilines is 2. The lowest BCUT2D eigenvalue weighted by molar-refractivity contribution is -0.122. The summed E-state index contributed by atoms with van der Waals surface area (Å²) in [5.41, 5.74) is 15.5. The number of hydrogen-bond donors (Lipinski definition) is 5. The topological polar surface area (TPSA) is 266 Å². The first-order valence-electron chi connectivity index (χ1n) is 20.7. The van der Waals surface area contributed by atoms with Crippen LogP contribution in [0.3, 0.4) is 0 Å². The van der Waals surface area contributed by atoms with Gasteiger partial charge < -0.3 is 45.9 Å². The molecule has 18 nitrogen and oxygen atoms in total. The highest BCUT2D eigenvalue weighted by Crippen LogP contribution is 2.32. The van der Waals surface area contributed by atoms with E-state index >= 15 is 0 Å². The van der Waals surface area contributed by atoms with Gasteiger partial charge in [-0.15, -0.1) is 10.2 Å². The minimum atomic E-state index is -1.51. The number of benzene rings is 2. The van der Waals surface area contributed by atoms with Crippen LogP contribution in [0.1, 0.15) is 69.9 Å². The second-order valence-electron chi connectivity index (χ2n) is 14.9. The van der Waals surface area contributed by atoms with Crippen molar-refractivity contribution in [1.82, 2.24) is 40.2 Å². The third-order valence-corrected chi connectivity index (χ3v) is 11.3. The molecule has 7 N–H and O–H groups in total. The van der Waals surface area contributed by atoms with Crippen LogP contribution in [0, 0.1) is 11.6 Å². The van der Waals surface area contributed by atoms with Crippen LogP contribution < -0.4 is 26.4 Å². The molecule has 6 heterocycles. The molecule has 0 aliphatic carbocycles. The maximum absolute atomic E-state index is 13.2. The predicted molar refractivity (Wildman–Crippen MR) is 248 cm³/mol. The Kier molecular flexibility index (Phi) is 18.9. The molecule has 0 atom stereocenters. The number of halogens is 3. The molecular weight excluding hydrogens is 937 g/mol. The fourth-order valence-electron chi connectivity index (χ4n) is 7.12. The lowest BCUT2D eigenvalue weighted by atomic mass is 9.80. The van der Waals surface area contributed by atoms with Gasteiger partial charge in [-0.3, -0.25) is 19.4 Å². The van der Waals surface area contributed by atoms with Gasteiger partial charge in [-0.25, -0.2) is 13.8 Å². The Hall–Kier alpha value is -7.17. The summed E-state index contributed by atoms with van der Waals surface area (Å²) in [6, 6.07) is 21.7. The quantitative estimate of drug-likeness (QED) is 0.102. The minimum absolute atomic E-state index is 0.0809. The van der Waals surface area contributed by atoms with Crippen LogP contribution in [0.4, 0.5) is 20.4 Å². The molecule has 350 valence electrons. The highest BCUT2D eigenvalue weighted by molar-refractivity contribution is 9.10. The van der Waals surface area contributed by atoms with Crippen molar-refractivity contribution >= 4 is 58.4 Å². The summed E-state index contributed by atoms with van der Waals surface area (Å²) < 4.78 is 36.8. The van der Waals surface area contributed by atoms with Gasteiger partial charge in [-0.1, -0.05) is 24.3 Å². The molecule has 22 heteroatoms. The summed E-state index contributed by atoms with van der Waals surface area (Å²) in [4.78, 5) is 46.1. The molecule has 0 radical (unpaired) electrons. The summed E-state index contributed by atoms with van der Waals surface area (Å²) in [5.74, 6) is 1.57. The molecule has 0 bridgehead atoms. The van der Waals surface area contributed by atoms with E-state index in [-0.39, 0.29) is 35.8 Å². The van der Waals surface area contributed by atoms with E-state index in [0.717, 1.165) is 47.1 Å². The van der Waals surface area contributed by atoms with E-state index in [9.17, 15) is 18.4 Å². The van der Waals surface area contributed by atoms with Crippen molar-refractivity contribution < 1.29 is 47.8 Å². The number of nitrogens with zero attached hydrogens (tertiary/aromatic N) is 8. The van der Waals surface area contributed by atoms with Gasteiger partial charge in [0, 0.05) is 68.1 Å². The van der Waals surface area contributed by atoms with Crippen molar-refractivity contribution in [2.75, 3.05) is 51.9 Å². The number of amides is 2. The van der Waals surface area contributed by atoms with Crippen molar-refractivity contribution in [2.24, 2.45) is 0 Å². The highest BCUT2D eigenvalue weighted by atomic mass is 79.9. The maximum Gasteiger partial charge on any atom is 0.488 e. The molecule has 2 aliphatic rings. The van der Waals surface area contributed by atoms with Gasteiger partial charge >= 0.3 is 7.12 Å². The number of pyridine rings is 2. The summed E-state index contributed by atoms with van der Waals surface area (Å²) in [6.45, 7) is 2.30. The molecule has 2 fully saturated rings. The lowest BCUT2D eigenvalue weighted by Crippen LogP contribution is -2.38. The van der Waals surface area contributed by atoms with Crippen molar-refractivity contribution in [2.45, 2.75) is 37.5 Å². The number of hydrogen-bond acceptors (Lipinski definition) is 15. The first kappa shape index (κ1) is 50.8. The fraction of sp³-hybridized carbons (Fsp3) is 0.267. The Morgan fingerprint density at radius 3 is 1.51 bits per heavy atom. The molecule has 0 spiro atoms. The molecular formula is C45H48BBrF2N10O8. The maximum atomic E-state index is 13.2. The van der Waals surface area contributed by atoms with Gasteiger partial charge in [-0.05, 0) is 101 Å². The van der Waals surface area contributed by atoms with E-state index in [4.69, 9.17) is 40.9 Å². The second kappa shape index (κ2) is 24.9. The van der Waals surface area contributed by atoms with Crippen LogP contribution in [0.2, 0.25) is 0 Å². The number of methoxy groups -OCH3 is 2. The van der Waals surface area contributed by atoms with Crippen molar-refractivity contribution in [3.05, 3.63) is 136 Å². The Morgan fingerprint density at radius 2 is 1.10 bits per heavy atom. The van der Waals surface area contributed by atoms with E-state index in [1.807, 2.05) is 17.0 Å². The molecule has 67 heavy (non-hydrogen) atoms. The van der Waals surface area contributed by atoms with Crippen LogP contribution in [0.5, 0.6) is 11.5 Å². The number of carbonyl (C=O) groups excluding carboxylic acids is 2. The molecule has 8 rings (SSSR count). The number of ether oxygens (including phenoxy) is 2. The van der Waals surface area contributed by atoms with Crippen LogP contribution >= 0.6 is 15.9 Å². The lowest BCUT2D eigenvalue weighted by Gasteiger charge is -2.31. The molecule has 2 aromatic carbocycles. The number of likely N-dealkylation sites (tertiary alicyclic amines) is 2. The summed E-state index contributed by atoms with van der Waals surface area (Å²) >= 11 is 3.34. The monoisotopic (exact) mass is 984 g/mol. The summed E-state index contributed by atoms with van der Waals surface area (Å²) in [7, 11) is 1.59. The molecule has 0 unspecified atom stereocenters. The van der Waals surface area contributed by atoms with E-state index in [1.54, 1.807) is 60.8 Å². The van der Waals surface area contributed by atoms with Gasteiger partial charge in [0.1, 0.15) is 46.2 Å². The van der Waals surface area contributed by atoms with Crippen LogP contribution in [-0.2, 0) is 4.79 Å². The summed E-state index contributed by atoms with van der Waals surface area (Å²) in [6.07, 6.45) is 6.47. The zero-order valence-corrected chi connectivity index (χ0v) is 38.0. The van der Waals surface area contributed by atoms with Gasteiger partial charge in [-0.2, -0.15) is 10.2 Å². The predicted octanol–water partition coefficient (Wildman–Crippen LogP) is 4.74. The van der Waals surface area contributed by atoms with Crippen LogP contribution in [-0.4, -0.2) is 121 Å². The number of aromatic nitrogens is 6. The Bertz CT molecular complexity index is 2540. The zero-order chi connectivity index (χ0) is 48.5. The molecule has 2 amide bonds. The molecule has 2 saturated heterocycles. The number of carbonyl (C=O) groups is 3. The fourth-order valence-corrected chi connectivity index (χ4v) is 7.50. The number of nitrogens with two attached hydrogens (primary N) is 2. The average Bonchev–Trinajstić information content (AvgIpc) is 3.35. The van der Waals surface area contributed by atoms with E-state index in [1.165, 1.54) is 43.5 Å². The smallest absolute Gasteiger partial charge is 0.488 e. The molecule has 4 aromatic heterocycles. The Labute approximate surface area is 393 Å². The second-order valence-corrected chi connectivity index (χ2v) is 15.8. The SMILES string of the molecule is COc1cc(C(=O)N2CCC(c3ccc(N)nn3)CC2)ncc1-c1ccc(F)cc1.COc1cc(C(=O)N2CCC(c3ccc(N)nn3)CC2)ncc1Br.O=CO.OB(O)c1ccc(F)cc1. The molecule has 6 aromatic rings. The standard InChI is InChI=1S/C22H22FN5O2.C16H18BrN5O2.C6H6BFO2.CH2O2/c1-30-20-12-19(25-13-17(20)14-2-4-16(23)5-3-14)22(29)28-10-8-15(9-11-28)18-6-7-21(24)27-26-18;1-24-14-8-13(19-9-11(14)17)16(23)22-6-4-10(5-7-22)12-2-3-15(18)21-20-12;8-6-3-1-5(2-4-6)7(9)10;2-1-3/h2-7,12-13,15H,8-11H2,1H3,(H2,24,27);2-3,8-10H,4-7H2,1H3,(H2,18,21);1-4,9-10H;1H,(H,2,3). The Balaban J connectivity index is 0.000000202. The van der Waals surface area contributed by atoms with Gasteiger partial charge in [0.25, 0.3) is 18.3 Å². The third-order valence-electron chi connectivity index (χ3n) is 10.7.